The smallest absolute Gasteiger partial charge is 0.242 e. The molecule has 0 aromatic carbocycles. The number of nitrogens with two attached hydrogens (primary N) is 1. The second kappa shape index (κ2) is 7.36. The average Bonchev–Trinajstić information content (AvgIpc) is 2.29. The lowest BCUT2D eigenvalue weighted by atomic mass is 9.88. The summed E-state index contributed by atoms with van der Waals surface area (Å²) in [6, 6.07) is 0. The maximum absolute atomic E-state index is 12.2. The predicted molar refractivity (Wildman–Crippen MR) is 73.0 cm³/mol. The largest absolute Gasteiger partial charge is 0.342 e. The van der Waals surface area contributed by atoms with Gasteiger partial charge in [0.2, 0.25) is 11.8 Å². The summed E-state index contributed by atoms with van der Waals surface area (Å²) in [5, 5.41) is 0. The van der Waals surface area contributed by atoms with Gasteiger partial charge in [0, 0.05) is 25.6 Å². The van der Waals surface area contributed by atoms with E-state index in [9.17, 15) is 9.59 Å². The Kier molecular flexibility index (Phi) is 6.91. The summed E-state index contributed by atoms with van der Waals surface area (Å²) in [7, 11) is 1.67. The summed E-state index contributed by atoms with van der Waals surface area (Å²) in [5.74, 6) is -0.0483. The zero-order valence-corrected chi connectivity index (χ0v) is 12.3. The summed E-state index contributed by atoms with van der Waals surface area (Å²) in [4.78, 5) is 27.3. The molecule has 5 nitrogen and oxygen atoms in total. The molecule has 106 valence electrons. The third-order valence-electron chi connectivity index (χ3n) is 3.18. The Balaban J connectivity index is 4.53. The maximum atomic E-state index is 12.2. The zero-order chi connectivity index (χ0) is 14.3. The van der Waals surface area contributed by atoms with E-state index in [0.29, 0.717) is 26.1 Å². The van der Waals surface area contributed by atoms with Crippen molar-refractivity contribution in [1.82, 2.24) is 9.80 Å². The molecule has 0 aliphatic carbocycles. The normalized spacial score (nSPS) is 11.2. The lowest BCUT2D eigenvalue weighted by Crippen LogP contribution is -2.45. The highest BCUT2D eigenvalue weighted by Gasteiger charge is 2.30. The SMILES string of the molecule is CCN(CC)C(=O)CN(C)C(=O)C(C)(C)CCN. The number of nitrogens with zero attached hydrogens (tertiary/aromatic N) is 2. The summed E-state index contributed by atoms with van der Waals surface area (Å²) in [6.07, 6.45) is 0.621. The van der Waals surface area contributed by atoms with E-state index >= 15 is 0 Å². The molecule has 2 N–H and O–H groups in total. The van der Waals surface area contributed by atoms with Gasteiger partial charge in [0.15, 0.2) is 0 Å². The lowest BCUT2D eigenvalue weighted by Gasteiger charge is -2.30. The minimum atomic E-state index is -0.507. The van der Waals surface area contributed by atoms with Crippen LogP contribution in [0.1, 0.15) is 34.1 Å². The number of hydrogen-bond donors (Lipinski definition) is 1. The van der Waals surface area contributed by atoms with Gasteiger partial charge in [0.25, 0.3) is 0 Å². The average molecular weight is 257 g/mol. The van der Waals surface area contributed by atoms with Crippen molar-refractivity contribution in [1.29, 1.82) is 0 Å². The van der Waals surface area contributed by atoms with Crippen LogP contribution in [0.4, 0.5) is 0 Å². The number of amides is 2. The highest BCUT2D eigenvalue weighted by molar-refractivity contribution is 5.87. The summed E-state index contributed by atoms with van der Waals surface area (Å²) < 4.78 is 0. The van der Waals surface area contributed by atoms with E-state index in [1.165, 1.54) is 4.90 Å². The molecule has 0 aliphatic rings. The van der Waals surface area contributed by atoms with E-state index in [1.807, 2.05) is 27.7 Å². The van der Waals surface area contributed by atoms with Crippen molar-refractivity contribution in [2.45, 2.75) is 34.1 Å². The van der Waals surface area contributed by atoms with Crippen molar-refractivity contribution in [3.63, 3.8) is 0 Å². The lowest BCUT2D eigenvalue weighted by molar-refractivity contribution is -0.144. The van der Waals surface area contributed by atoms with Crippen molar-refractivity contribution < 1.29 is 9.59 Å². The number of likely N-dealkylation sites (N-methyl/N-ethyl adjacent to an activating group) is 2. The molecule has 0 unspecified atom stereocenters. The molecule has 0 rings (SSSR count). The van der Waals surface area contributed by atoms with Crippen molar-refractivity contribution in [3.05, 3.63) is 0 Å². The van der Waals surface area contributed by atoms with E-state index in [0.717, 1.165) is 0 Å². The summed E-state index contributed by atoms with van der Waals surface area (Å²) >= 11 is 0. The molecule has 0 aliphatic heterocycles. The van der Waals surface area contributed by atoms with Crippen LogP contribution in [0.15, 0.2) is 0 Å². The molecule has 5 heteroatoms. The molecule has 0 heterocycles. The predicted octanol–water partition coefficient (Wildman–Crippen LogP) is 0.688. The van der Waals surface area contributed by atoms with Crippen LogP contribution in [0.3, 0.4) is 0 Å². The van der Waals surface area contributed by atoms with E-state index < -0.39 is 5.41 Å². The third-order valence-corrected chi connectivity index (χ3v) is 3.18. The first-order chi connectivity index (χ1) is 8.30. The molecule has 0 atom stereocenters. The van der Waals surface area contributed by atoms with Gasteiger partial charge in [-0.3, -0.25) is 9.59 Å². The van der Waals surface area contributed by atoms with Gasteiger partial charge >= 0.3 is 0 Å². The Bertz CT molecular complexity index is 286. The van der Waals surface area contributed by atoms with Crippen LogP contribution >= 0.6 is 0 Å². The van der Waals surface area contributed by atoms with Crippen LogP contribution in [0, 0.1) is 5.41 Å². The Morgan fingerprint density at radius 3 is 2.06 bits per heavy atom. The standard InChI is InChI=1S/C13H27N3O2/c1-6-16(7-2)11(17)10-15(5)12(18)13(3,4)8-9-14/h6-10,14H2,1-5H3. The van der Waals surface area contributed by atoms with Gasteiger partial charge in [0.1, 0.15) is 0 Å². The van der Waals surface area contributed by atoms with Crippen LogP contribution in [0.25, 0.3) is 0 Å². The van der Waals surface area contributed by atoms with Crippen LogP contribution in [-0.4, -0.2) is 54.8 Å². The fourth-order valence-electron chi connectivity index (χ4n) is 1.94. The van der Waals surface area contributed by atoms with E-state index in [2.05, 4.69) is 0 Å². The highest BCUT2D eigenvalue weighted by atomic mass is 16.2. The molecule has 18 heavy (non-hydrogen) atoms. The molecule has 2 amide bonds. The van der Waals surface area contributed by atoms with E-state index in [-0.39, 0.29) is 18.4 Å². The number of rotatable bonds is 7. The summed E-state index contributed by atoms with van der Waals surface area (Å²) in [5.41, 5.74) is 4.99. The number of carbonyl (C=O) groups is 2. The molecular weight excluding hydrogens is 230 g/mol. The van der Waals surface area contributed by atoms with Gasteiger partial charge in [0.05, 0.1) is 6.54 Å². The Morgan fingerprint density at radius 1 is 1.17 bits per heavy atom. The first-order valence-corrected chi connectivity index (χ1v) is 6.53. The van der Waals surface area contributed by atoms with Crippen LogP contribution in [0.5, 0.6) is 0 Å². The van der Waals surface area contributed by atoms with Crippen LogP contribution in [-0.2, 0) is 9.59 Å². The minimum absolute atomic E-state index is 0.0144. The van der Waals surface area contributed by atoms with Crippen molar-refractivity contribution in [2.24, 2.45) is 11.1 Å². The van der Waals surface area contributed by atoms with Crippen molar-refractivity contribution >= 4 is 11.8 Å². The van der Waals surface area contributed by atoms with Gasteiger partial charge in [-0.1, -0.05) is 13.8 Å². The molecule has 0 aromatic heterocycles. The fourth-order valence-corrected chi connectivity index (χ4v) is 1.94. The van der Waals surface area contributed by atoms with Crippen LogP contribution < -0.4 is 5.73 Å². The Labute approximate surface area is 110 Å². The molecule has 0 fully saturated rings. The van der Waals surface area contributed by atoms with Crippen molar-refractivity contribution in [3.8, 4) is 0 Å². The van der Waals surface area contributed by atoms with Crippen LogP contribution in [0.2, 0.25) is 0 Å². The molecule has 0 saturated carbocycles. The van der Waals surface area contributed by atoms with Gasteiger partial charge < -0.3 is 15.5 Å². The molecule has 0 aromatic rings. The topological polar surface area (TPSA) is 66.6 Å². The molecule has 0 spiro atoms. The second-order valence-electron chi connectivity index (χ2n) is 5.15. The number of hydrogen-bond acceptors (Lipinski definition) is 3. The highest BCUT2D eigenvalue weighted by Crippen LogP contribution is 2.22. The fraction of sp³-hybridized carbons (Fsp3) is 0.846. The van der Waals surface area contributed by atoms with Gasteiger partial charge in [-0.05, 0) is 26.8 Å². The van der Waals surface area contributed by atoms with E-state index in [4.69, 9.17) is 5.73 Å². The minimum Gasteiger partial charge on any atom is -0.342 e. The van der Waals surface area contributed by atoms with E-state index in [1.54, 1.807) is 11.9 Å². The molecular formula is C13H27N3O2. The Morgan fingerprint density at radius 2 is 1.67 bits per heavy atom. The molecule has 0 radical (unpaired) electrons. The quantitative estimate of drug-likeness (QED) is 0.729. The molecule has 0 bridgehead atoms. The number of carbonyl (C=O) groups excluding carboxylic acids is 2. The monoisotopic (exact) mass is 257 g/mol. The maximum Gasteiger partial charge on any atom is 0.242 e. The second-order valence-corrected chi connectivity index (χ2v) is 5.15. The Hall–Kier alpha value is -1.10. The molecule has 0 saturated heterocycles. The van der Waals surface area contributed by atoms with Gasteiger partial charge in [-0.2, -0.15) is 0 Å². The first kappa shape index (κ1) is 16.9. The first-order valence-electron chi connectivity index (χ1n) is 6.53. The van der Waals surface area contributed by atoms with Crippen molar-refractivity contribution in [2.75, 3.05) is 33.2 Å². The van der Waals surface area contributed by atoms with Gasteiger partial charge in [-0.15, -0.1) is 0 Å². The summed E-state index contributed by atoms with van der Waals surface area (Å²) in [6.45, 7) is 9.53. The third kappa shape index (κ3) is 4.64. The van der Waals surface area contributed by atoms with Gasteiger partial charge in [-0.25, -0.2) is 0 Å². The zero-order valence-electron chi connectivity index (χ0n) is 12.3.